The lowest BCUT2D eigenvalue weighted by molar-refractivity contribution is -0.0845. The lowest BCUT2D eigenvalue weighted by atomic mass is 9.86. The van der Waals surface area contributed by atoms with E-state index in [-0.39, 0.29) is 29.6 Å². The maximum atomic E-state index is 14.9. The van der Waals surface area contributed by atoms with Crippen LogP contribution >= 0.6 is 11.6 Å². The summed E-state index contributed by atoms with van der Waals surface area (Å²) >= 11 is 6.15. The van der Waals surface area contributed by atoms with Gasteiger partial charge in [-0.1, -0.05) is 17.7 Å². The van der Waals surface area contributed by atoms with Crippen LogP contribution in [0.25, 0.3) is 4.85 Å². The second kappa shape index (κ2) is 7.64. The molecule has 140 valence electrons. The summed E-state index contributed by atoms with van der Waals surface area (Å²) in [5.74, 6) is -0.504. The Balaban J connectivity index is 1.55. The molecule has 2 saturated heterocycles. The van der Waals surface area contributed by atoms with Gasteiger partial charge in [-0.05, 0) is 12.1 Å². The fourth-order valence-corrected chi connectivity index (χ4v) is 3.62. The molecule has 2 unspecified atom stereocenters. The zero-order valence-corrected chi connectivity index (χ0v) is 15.0. The molecule has 2 fully saturated rings. The maximum absolute atomic E-state index is 14.9. The van der Waals surface area contributed by atoms with E-state index in [9.17, 15) is 4.39 Å². The maximum Gasteiger partial charge on any atom is 0.256 e. The molecule has 2 atom stereocenters. The molecule has 1 aromatic carbocycles. The molecular formula is C18H17ClFN5O2. The molecule has 0 spiro atoms. The zero-order chi connectivity index (χ0) is 18.8. The van der Waals surface area contributed by atoms with Crippen LogP contribution in [0.5, 0.6) is 5.88 Å². The van der Waals surface area contributed by atoms with Gasteiger partial charge >= 0.3 is 0 Å². The highest BCUT2D eigenvalue weighted by molar-refractivity contribution is 6.33. The third-order valence-corrected chi connectivity index (χ3v) is 5.06. The number of rotatable bonds is 4. The molecular weight excluding hydrogens is 373 g/mol. The molecule has 3 heterocycles. The standard InChI is InChI=1S/C18H17ClFN5O2/c1-21-12-2-3-14(13(19)4-12)25-17-15(20)18(24-9-23-17)27-16-10-5-22-6-11(16)8-26-7-10/h2-4,9-11,16,22H,5-8H2,(H,23,24,25). The summed E-state index contributed by atoms with van der Waals surface area (Å²) in [6.45, 7) is 9.69. The van der Waals surface area contributed by atoms with E-state index in [1.807, 2.05) is 0 Å². The molecule has 2 N–H and O–H groups in total. The molecule has 1 aromatic heterocycles. The Hall–Kier alpha value is -2.47. The highest BCUT2D eigenvalue weighted by Crippen LogP contribution is 2.33. The van der Waals surface area contributed by atoms with Crippen molar-refractivity contribution in [3.8, 4) is 5.88 Å². The first-order chi connectivity index (χ1) is 13.2. The Morgan fingerprint density at radius 2 is 2.07 bits per heavy atom. The van der Waals surface area contributed by atoms with Crippen LogP contribution in [0.3, 0.4) is 0 Å². The quantitative estimate of drug-likeness (QED) is 0.782. The van der Waals surface area contributed by atoms with Gasteiger partial charge in [0.2, 0.25) is 5.82 Å². The van der Waals surface area contributed by atoms with Gasteiger partial charge in [0.15, 0.2) is 11.5 Å². The summed E-state index contributed by atoms with van der Waals surface area (Å²) in [6.07, 6.45) is 1.09. The second-order valence-electron chi connectivity index (χ2n) is 6.54. The summed E-state index contributed by atoms with van der Waals surface area (Å²) in [4.78, 5) is 11.2. The van der Waals surface area contributed by atoms with E-state index in [2.05, 4.69) is 25.4 Å². The molecule has 0 amide bonds. The lowest BCUT2D eigenvalue weighted by Crippen LogP contribution is -2.56. The van der Waals surface area contributed by atoms with Crippen molar-refractivity contribution in [1.29, 1.82) is 0 Å². The summed E-state index contributed by atoms with van der Waals surface area (Å²) in [6, 6.07) is 4.70. The number of hydrogen-bond donors (Lipinski definition) is 2. The Labute approximate surface area is 160 Å². The number of aromatic nitrogens is 2. The Morgan fingerprint density at radius 3 is 2.78 bits per heavy atom. The van der Waals surface area contributed by atoms with Gasteiger partial charge in [0.25, 0.3) is 5.88 Å². The number of ether oxygens (including phenoxy) is 2. The summed E-state index contributed by atoms with van der Waals surface area (Å²) in [5, 5.41) is 6.48. The number of nitrogens with one attached hydrogen (secondary N) is 2. The van der Waals surface area contributed by atoms with Gasteiger partial charge < -0.3 is 20.1 Å². The normalized spacial score (nSPS) is 24.1. The van der Waals surface area contributed by atoms with E-state index < -0.39 is 5.82 Å². The summed E-state index contributed by atoms with van der Waals surface area (Å²) < 4.78 is 26.4. The van der Waals surface area contributed by atoms with Gasteiger partial charge in [-0.15, -0.1) is 0 Å². The molecule has 2 aliphatic heterocycles. The molecule has 2 aliphatic rings. The molecule has 2 bridgehead atoms. The van der Waals surface area contributed by atoms with E-state index in [0.29, 0.717) is 29.6 Å². The van der Waals surface area contributed by atoms with Crippen LogP contribution in [-0.4, -0.2) is 42.4 Å². The smallest absolute Gasteiger partial charge is 0.256 e. The van der Waals surface area contributed by atoms with Gasteiger partial charge in [-0.25, -0.2) is 9.83 Å². The van der Waals surface area contributed by atoms with E-state index in [1.54, 1.807) is 12.1 Å². The first-order valence-corrected chi connectivity index (χ1v) is 8.93. The molecule has 7 nitrogen and oxygen atoms in total. The average Bonchev–Trinajstić information content (AvgIpc) is 2.66. The van der Waals surface area contributed by atoms with Crippen molar-refractivity contribution in [1.82, 2.24) is 15.3 Å². The minimum Gasteiger partial charge on any atom is -0.471 e. The third-order valence-electron chi connectivity index (χ3n) is 4.75. The first kappa shape index (κ1) is 17.9. The summed E-state index contributed by atoms with van der Waals surface area (Å²) in [7, 11) is 0. The SMILES string of the molecule is [C-]#[N+]c1ccc(Nc2ncnc(OC3C4CNCC3COC4)c2F)c(Cl)c1. The average molecular weight is 390 g/mol. The van der Waals surface area contributed by atoms with Crippen LogP contribution in [-0.2, 0) is 4.74 Å². The van der Waals surface area contributed by atoms with E-state index in [1.165, 1.54) is 12.4 Å². The molecule has 0 saturated carbocycles. The van der Waals surface area contributed by atoms with Crippen LogP contribution in [0.15, 0.2) is 24.5 Å². The molecule has 4 rings (SSSR count). The highest BCUT2D eigenvalue weighted by atomic mass is 35.5. The predicted molar refractivity (Wildman–Crippen MR) is 98.1 cm³/mol. The minimum atomic E-state index is -0.680. The minimum absolute atomic E-state index is 0.0344. The Kier molecular flexibility index (Phi) is 5.07. The van der Waals surface area contributed by atoms with Crippen molar-refractivity contribution >= 4 is 28.8 Å². The van der Waals surface area contributed by atoms with E-state index in [0.717, 1.165) is 13.1 Å². The third kappa shape index (κ3) is 3.67. The highest BCUT2D eigenvalue weighted by Gasteiger charge is 2.39. The monoisotopic (exact) mass is 389 g/mol. The number of fused-ring (bicyclic) bond motifs is 2. The number of benzene rings is 1. The van der Waals surface area contributed by atoms with Crippen LogP contribution in [0, 0.1) is 24.2 Å². The topological polar surface area (TPSA) is 72.7 Å². The predicted octanol–water partition coefficient (Wildman–Crippen LogP) is 3.18. The van der Waals surface area contributed by atoms with Crippen LogP contribution < -0.4 is 15.4 Å². The molecule has 27 heavy (non-hydrogen) atoms. The fraction of sp³-hybridized carbons (Fsp3) is 0.389. The van der Waals surface area contributed by atoms with Gasteiger partial charge in [-0.2, -0.15) is 9.37 Å². The second-order valence-corrected chi connectivity index (χ2v) is 6.95. The van der Waals surface area contributed by atoms with E-state index in [4.69, 9.17) is 27.6 Å². The number of halogens is 2. The van der Waals surface area contributed by atoms with Crippen molar-refractivity contribution in [3.63, 3.8) is 0 Å². The van der Waals surface area contributed by atoms with Gasteiger partial charge in [-0.3, -0.25) is 0 Å². The zero-order valence-electron chi connectivity index (χ0n) is 14.3. The number of anilines is 2. The van der Waals surface area contributed by atoms with Gasteiger partial charge in [0.05, 0.1) is 30.5 Å². The number of nitrogens with zero attached hydrogens (tertiary/aromatic N) is 3. The van der Waals surface area contributed by atoms with Gasteiger partial charge in [0.1, 0.15) is 12.4 Å². The van der Waals surface area contributed by atoms with Crippen molar-refractivity contribution < 1.29 is 13.9 Å². The van der Waals surface area contributed by atoms with Crippen molar-refractivity contribution in [2.45, 2.75) is 6.10 Å². The largest absolute Gasteiger partial charge is 0.471 e. The van der Waals surface area contributed by atoms with Crippen molar-refractivity contribution in [2.75, 3.05) is 31.6 Å². The molecule has 0 radical (unpaired) electrons. The summed E-state index contributed by atoms with van der Waals surface area (Å²) in [5.41, 5.74) is 0.845. The number of piperidine rings is 1. The molecule has 9 heteroatoms. The Bertz CT molecular complexity index is 869. The van der Waals surface area contributed by atoms with Crippen LogP contribution in [0.1, 0.15) is 0 Å². The first-order valence-electron chi connectivity index (χ1n) is 8.55. The van der Waals surface area contributed by atoms with Crippen LogP contribution in [0.2, 0.25) is 5.02 Å². The molecule has 2 aromatic rings. The van der Waals surface area contributed by atoms with Gasteiger partial charge in [0, 0.05) is 24.9 Å². The van der Waals surface area contributed by atoms with Crippen molar-refractivity contribution in [3.05, 3.63) is 46.8 Å². The van der Waals surface area contributed by atoms with Crippen molar-refractivity contribution in [2.24, 2.45) is 11.8 Å². The fourth-order valence-electron chi connectivity index (χ4n) is 3.40. The van der Waals surface area contributed by atoms with Crippen LogP contribution in [0.4, 0.5) is 21.6 Å². The number of hydrogen-bond acceptors (Lipinski definition) is 6. The lowest BCUT2D eigenvalue weighted by Gasteiger charge is -2.41. The molecule has 0 aliphatic carbocycles. The van der Waals surface area contributed by atoms with E-state index >= 15 is 0 Å². The Morgan fingerprint density at radius 1 is 1.30 bits per heavy atom.